The number of rotatable bonds is 7. The fourth-order valence-corrected chi connectivity index (χ4v) is 3.06. The predicted molar refractivity (Wildman–Crippen MR) is 84.7 cm³/mol. The Labute approximate surface area is 136 Å². The lowest BCUT2D eigenvalue weighted by molar-refractivity contribution is -0.0427. The van der Waals surface area contributed by atoms with Crippen LogP contribution < -0.4 is 4.74 Å². The van der Waals surface area contributed by atoms with Gasteiger partial charge in [0.2, 0.25) is 0 Å². The second-order valence-corrected chi connectivity index (χ2v) is 6.37. The van der Waals surface area contributed by atoms with Crippen LogP contribution in [0.15, 0.2) is 18.2 Å². The van der Waals surface area contributed by atoms with Gasteiger partial charge in [0, 0.05) is 44.3 Å². The number of benzene rings is 1. The summed E-state index contributed by atoms with van der Waals surface area (Å²) < 4.78 is 19.2. The van der Waals surface area contributed by atoms with Gasteiger partial charge in [-0.15, -0.1) is 0 Å². The van der Waals surface area contributed by atoms with Crippen molar-refractivity contribution in [1.29, 1.82) is 0 Å². The Bertz CT molecular complexity index is 515. The molecule has 0 radical (unpaired) electrons. The number of piperazine rings is 1. The average Bonchev–Trinajstić information content (AvgIpc) is 3.38. The molecule has 3 rings (SSSR count). The van der Waals surface area contributed by atoms with E-state index in [0.717, 1.165) is 51.3 Å². The summed E-state index contributed by atoms with van der Waals surface area (Å²) in [5, 5.41) is 18.0. The zero-order chi connectivity index (χ0) is 16.2. The summed E-state index contributed by atoms with van der Waals surface area (Å²) in [6.07, 6.45) is 1.93. The first-order valence-electron chi connectivity index (χ1n) is 8.38. The van der Waals surface area contributed by atoms with Crippen molar-refractivity contribution in [3.8, 4) is 5.75 Å². The molecule has 0 amide bonds. The van der Waals surface area contributed by atoms with Gasteiger partial charge in [0.05, 0.1) is 6.61 Å². The van der Waals surface area contributed by atoms with Crippen LogP contribution in [-0.4, -0.2) is 65.4 Å². The first-order valence-corrected chi connectivity index (χ1v) is 8.38. The average molecular weight is 324 g/mol. The molecule has 23 heavy (non-hydrogen) atoms. The zero-order valence-corrected chi connectivity index (χ0v) is 13.3. The third kappa shape index (κ3) is 4.64. The molecule has 0 bridgehead atoms. The van der Waals surface area contributed by atoms with Crippen LogP contribution in [0.5, 0.6) is 5.75 Å². The van der Waals surface area contributed by atoms with E-state index in [4.69, 9.17) is 14.9 Å². The van der Waals surface area contributed by atoms with Crippen LogP contribution in [0.25, 0.3) is 0 Å². The lowest BCUT2D eigenvalue weighted by atomic mass is 10.2. The van der Waals surface area contributed by atoms with E-state index in [0.29, 0.717) is 6.61 Å². The maximum absolute atomic E-state index is 13.8. The lowest BCUT2D eigenvalue weighted by Crippen LogP contribution is -2.47. The van der Waals surface area contributed by atoms with Gasteiger partial charge in [-0.3, -0.25) is 4.90 Å². The van der Waals surface area contributed by atoms with Crippen molar-refractivity contribution >= 4 is 0 Å². The molecule has 1 aliphatic carbocycles. The van der Waals surface area contributed by atoms with E-state index in [1.54, 1.807) is 0 Å². The van der Waals surface area contributed by atoms with Crippen LogP contribution >= 0.6 is 0 Å². The number of hydrogen-bond acceptors (Lipinski definition) is 5. The normalized spacial score (nSPS) is 20.2. The third-order valence-corrected chi connectivity index (χ3v) is 4.60. The highest BCUT2D eigenvalue weighted by molar-refractivity contribution is 5.29. The highest BCUT2D eigenvalue weighted by atomic mass is 19.1. The molecule has 2 aliphatic rings. The molecule has 128 valence electrons. The molecular weight excluding hydrogens is 299 g/mol. The Kier molecular flexibility index (Phi) is 5.48. The summed E-state index contributed by atoms with van der Waals surface area (Å²) in [6, 6.07) is 4.85. The molecule has 6 heteroatoms. The van der Waals surface area contributed by atoms with Crippen LogP contribution in [0.3, 0.4) is 0 Å². The molecule has 0 spiro atoms. The Morgan fingerprint density at radius 3 is 2.52 bits per heavy atom. The molecule has 1 saturated carbocycles. The van der Waals surface area contributed by atoms with Crippen LogP contribution in [-0.2, 0) is 0 Å². The zero-order valence-electron chi connectivity index (χ0n) is 13.3. The van der Waals surface area contributed by atoms with Crippen molar-refractivity contribution in [1.82, 2.24) is 9.80 Å². The maximum atomic E-state index is 13.8. The minimum absolute atomic E-state index is 0.128. The monoisotopic (exact) mass is 324 g/mol. The SMILES string of the molecule is OC(O)c1ccc(OCCCN2CCN(C3CC3)CC2)c(F)c1. The van der Waals surface area contributed by atoms with Crippen molar-refractivity contribution in [2.45, 2.75) is 31.6 Å². The van der Waals surface area contributed by atoms with Crippen molar-refractivity contribution in [3.63, 3.8) is 0 Å². The first kappa shape index (κ1) is 16.6. The largest absolute Gasteiger partial charge is 0.490 e. The van der Waals surface area contributed by atoms with Gasteiger partial charge in [-0.25, -0.2) is 4.39 Å². The molecule has 0 atom stereocenters. The Morgan fingerprint density at radius 1 is 1.17 bits per heavy atom. The number of nitrogens with zero attached hydrogens (tertiary/aromatic N) is 2. The fraction of sp³-hybridized carbons (Fsp3) is 0.647. The Morgan fingerprint density at radius 2 is 1.91 bits per heavy atom. The molecule has 1 aromatic carbocycles. The smallest absolute Gasteiger partial charge is 0.178 e. The molecule has 0 unspecified atom stereocenters. The molecule has 2 N–H and O–H groups in total. The van der Waals surface area contributed by atoms with Crippen molar-refractivity contribution in [3.05, 3.63) is 29.6 Å². The molecule has 1 heterocycles. The highest BCUT2D eigenvalue weighted by Crippen LogP contribution is 2.27. The number of halogens is 1. The van der Waals surface area contributed by atoms with E-state index in [1.807, 2.05) is 0 Å². The van der Waals surface area contributed by atoms with Gasteiger partial charge in [0.1, 0.15) is 0 Å². The Balaban J connectivity index is 1.35. The number of ether oxygens (including phenoxy) is 1. The Hall–Kier alpha value is -1.21. The van der Waals surface area contributed by atoms with Crippen LogP contribution in [0.4, 0.5) is 4.39 Å². The van der Waals surface area contributed by atoms with Crippen LogP contribution in [0.2, 0.25) is 0 Å². The van der Waals surface area contributed by atoms with E-state index >= 15 is 0 Å². The van der Waals surface area contributed by atoms with E-state index in [9.17, 15) is 4.39 Å². The van der Waals surface area contributed by atoms with Crippen LogP contribution in [0, 0.1) is 5.82 Å². The minimum atomic E-state index is -1.66. The molecule has 2 fully saturated rings. The van der Waals surface area contributed by atoms with Crippen molar-refractivity contribution in [2.24, 2.45) is 0 Å². The second-order valence-electron chi connectivity index (χ2n) is 6.37. The maximum Gasteiger partial charge on any atom is 0.178 e. The van der Waals surface area contributed by atoms with Crippen LogP contribution in [0.1, 0.15) is 31.1 Å². The van der Waals surface area contributed by atoms with Gasteiger partial charge in [-0.1, -0.05) is 6.07 Å². The van der Waals surface area contributed by atoms with Gasteiger partial charge >= 0.3 is 0 Å². The van der Waals surface area contributed by atoms with Gasteiger partial charge in [-0.05, 0) is 31.4 Å². The number of aliphatic hydroxyl groups is 2. The van der Waals surface area contributed by atoms with Crippen molar-refractivity contribution < 1.29 is 19.3 Å². The number of aliphatic hydroxyl groups excluding tert-OH is 1. The standard InChI is InChI=1S/C17H25FN2O3/c18-15-12-13(17(21)22)2-5-16(15)23-11-1-6-19-7-9-20(10-8-19)14-3-4-14/h2,5,12,14,17,21-22H,1,3-4,6-11H2. The fourth-order valence-electron chi connectivity index (χ4n) is 3.06. The summed E-state index contributed by atoms with van der Waals surface area (Å²) in [4.78, 5) is 5.02. The summed E-state index contributed by atoms with van der Waals surface area (Å²) in [7, 11) is 0. The minimum Gasteiger partial charge on any atom is -0.490 e. The second kappa shape index (κ2) is 7.57. The van der Waals surface area contributed by atoms with E-state index in [2.05, 4.69) is 9.80 Å². The lowest BCUT2D eigenvalue weighted by Gasteiger charge is -2.34. The first-order chi connectivity index (χ1) is 11.1. The molecule has 5 nitrogen and oxygen atoms in total. The molecule has 1 saturated heterocycles. The highest BCUT2D eigenvalue weighted by Gasteiger charge is 2.30. The topological polar surface area (TPSA) is 56.2 Å². The number of hydrogen-bond donors (Lipinski definition) is 2. The van der Waals surface area contributed by atoms with Gasteiger partial charge in [0.15, 0.2) is 17.9 Å². The predicted octanol–water partition coefficient (Wildman–Crippen LogP) is 1.36. The summed E-state index contributed by atoms with van der Waals surface area (Å²) in [5.74, 6) is -0.401. The van der Waals surface area contributed by atoms with E-state index < -0.39 is 12.1 Å². The van der Waals surface area contributed by atoms with Gasteiger partial charge < -0.3 is 19.8 Å². The van der Waals surface area contributed by atoms with Gasteiger partial charge in [0.25, 0.3) is 0 Å². The molecule has 1 aromatic rings. The summed E-state index contributed by atoms with van der Waals surface area (Å²) in [6.45, 7) is 5.95. The summed E-state index contributed by atoms with van der Waals surface area (Å²) >= 11 is 0. The van der Waals surface area contributed by atoms with Gasteiger partial charge in [-0.2, -0.15) is 0 Å². The van der Waals surface area contributed by atoms with E-state index in [-0.39, 0.29) is 11.3 Å². The third-order valence-electron chi connectivity index (χ3n) is 4.60. The quantitative estimate of drug-likeness (QED) is 0.586. The molecule has 0 aromatic heterocycles. The summed E-state index contributed by atoms with van der Waals surface area (Å²) in [5.41, 5.74) is 0.128. The molecular formula is C17H25FN2O3. The van der Waals surface area contributed by atoms with E-state index in [1.165, 1.54) is 25.0 Å². The molecule has 1 aliphatic heterocycles. The van der Waals surface area contributed by atoms with Crippen molar-refractivity contribution in [2.75, 3.05) is 39.3 Å².